The molecule has 3 heterocycles. The zero-order valence-corrected chi connectivity index (χ0v) is 19.4. The molecule has 34 heavy (non-hydrogen) atoms. The van der Waals surface area contributed by atoms with E-state index in [9.17, 15) is 14.0 Å². The van der Waals surface area contributed by atoms with E-state index in [1.165, 1.54) is 18.6 Å². The number of H-pyrrole nitrogens is 1. The number of aromatic nitrogens is 2. The Hall–Kier alpha value is -3.26. The highest BCUT2D eigenvalue weighted by atomic mass is 19.1. The van der Waals surface area contributed by atoms with E-state index in [1.54, 1.807) is 25.4 Å². The number of anilines is 1. The summed E-state index contributed by atoms with van der Waals surface area (Å²) in [5.41, 5.74) is 2.22. The summed E-state index contributed by atoms with van der Waals surface area (Å²) in [6, 6.07) is 10.7. The van der Waals surface area contributed by atoms with Crippen LogP contribution in [0.3, 0.4) is 0 Å². The Kier molecular flexibility index (Phi) is 6.32. The third-order valence-electron chi connectivity index (χ3n) is 7.32. The van der Waals surface area contributed by atoms with Crippen molar-refractivity contribution in [2.75, 3.05) is 38.1 Å². The van der Waals surface area contributed by atoms with Crippen LogP contribution in [-0.2, 0) is 0 Å². The standard InChI is InChI=1S/C26H30FN5O2/c1-28-26(34)23-8-7-21(16-29-23)32-11-9-31(10-12-32)20-4-2-3-18(13-20)24-14-17-5-6-19(27)15-22(17)25(33)30-24/h5-8,14-16,18,20H,2-4,9-13H2,1H3,(H,28,34)(H,30,33)/t18-,20+/m1/s1. The predicted octanol–water partition coefficient (Wildman–Crippen LogP) is 3.27. The first-order valence-electron chi connectivity index (χ1n) is 12.0. The largest absolute Gasteiger partial charge is 0.368 e. The minimum atomic E-state index is -0.388. The molecule has 7 nitrogen and oxygen atoms in total. The summed E-state index contributed by atoms with van der Waals surface area (Å²) in [5.74, 6) is -0.260. The lowest BCUT2D eigenvalue weighted by molar-refractivity contribution is 0.0958. The first-order chi connectivity index (χ1) is 16.5. The van der Waals surface area contributed by atoms with E-state index in [2.05, 4.69) is 25.1 Å². The van der Waals surface area contributed by atoms with Crippen molar-refractivity contribution in [3.05, 3.63) is 70.2 Å². The SMILES string of the molecule is CNC(=O)c1ccc(N2CCN([C@H]3CCC[C@@H](c4cc5ccc(F)cc5c(=O)[nH]4)C3)CC2)cn1. The van der Waals surface area contributed by atoms with Gasteiger partial charge in [-0.1, -0.05) is 12.5 Å². The van der Waals surface area contributed by atoms with Crippen LogP contribution in [0.2, 0.25) is 0 Å². The number of halogens is 1. The van der Waals surface area contributed by atoms with Crippen LogP contribution in [0.4, 0.5) is 10.1 Å². The zero-order valence-electron chi connectivity index (χ0n) is 19.4. The van der Waals surface area contributed by atoms with Gasteiger partial charge in [0.2, 0.25) is 0 Å². The maximum Gasteiger partial charge on any atom is 0.269 e. The summed E-state index contributed by atoms with van der Waals surface area (Å²) in [5, 5.41) is 3.80. The van der Waals surface area contributed by atoms with Crippen molar-refractivity contribution in [1.82, 2.24) is 20.2 Å². The predicted molar refractivity (Wildman–Crippen MR) is 131 cm³/mol. The Morgan fingerprint density at radius 2 is 1.94 bits per heavy atom. The molecular weight excluding hydrogens is 433 g/mol. The van der Waals surface area contributed by atoms with Crippen molar-refractivity contribution >= 4 is 22.4 Å². The van der Waals surface area contributed by atoms with Gasteiger partial charge in [0.1, 0.15) is 11.5 Å². The number of amides is 1. The highest BCUT2D eigenvalue weighted by Crippen LogP contribution is 2.35. The number of nitrogens with zero attached hydrogens (tertiary/aromatic N) is 3. The molecule has 178 valence electrons. The fourth-order valence-electron chi connectivity index (χ4n) is 5.43. The minimum Gasteiger partial charge on any atom is -0.368 e. The number of carbonyl (C=O) groups excluding carboxylic acids is 1. The summed E-state index contributed by atoms with van der Waals surface area (Å²) in [6.45, 7) is 3.78. The molecule has 2 fully saturated rings. The number of fused-ring (bicyclic) bond motifs is 1. The number of benzene rings is 1. The number of nitrogens with one attached hydrogen (secondary N) is 2. The first-order valence-corrected chi connectivity index (χ1v) is 12.0. The van der Waals surface area contributed by atoms with Gasteiger partial charge in [-0.05, 0) is 55.0 Å². The van der Waals surface area contributed by atoms with Crippen LogP contribution in [-0.4, -0.2) is 60.0 Å². The number of piperazine rings is 1. The average molecular weight is 464 g/mol. The Bertz CT molecular complexity index is 1230. The van der Waals surface area contributed by atoms with Gasteiger partial charge >= 0.3 is 0 Å². The number of hydrogen-bond acceptors (Lipinski definition) is 5. The number of pyridine rings is 2. The molecule has 0 radical (unpaired) electrons. The topological polar surface area (TPSA) is 81.3 Å². The maximum absolute atomic E-state index is 13.5. The van der Waals surface area contributed by atoms with Gasteiger partial charge in [0.25, 0.3) is 11.5 Å². The van der Waals surface area contributed by atoms with Crippen LogP contribution in [0.25, 0.3) is 10.8 Å². The molecule has 0 unspecified atom stereocenters. The fraction of sp³-hybridized carbons (Fsp3) is 0.423. The van der Waals surface area contributed by atoms with Crippen molar-refractivity contribution in [3.8, 4) is 0 Å². The molecule has 3 aromatic rings. The van der Waals surface area contributed by atoms with Gasteiger partial charge in [-0.25, -0.2) is 9.37 Å². The van der Waals surface area contributed by atoms with Crippen LogP contribution in [0, 0.1) is 5.82 Å². The van der Waals surface area contributed by atoms with Gasteiger partial charge in [0.15, 0.2) is 0 Å². The third kappa shape index (κ3) is 4.55. The number of carbonyl (C=O) groups is 1. The van der Waals surface area contributed by atoms with Gasteiger partial charge in [-0.2, -0.15) is 0 Å². The van der Waals surface area contributed by atoms with Crippen molar-refractivity contribution < 1.29 is 9.18 Å². The molecule has 5 rings (SSSR count). The summed E-state index contributed by atoms with van der Waals surface area (Å²) in [6.07, 6.45) is 6.15. The molecule has 0 spiro atoms. The minimum absolute atomic E-state index is 0.178. The van der Waals surface area contributed by atoms with E-state index in [1.807, 2.05) is 12.1 Å². The van der Waals surface area contributed by atoms with Crippen LogP contribution in [0.1, 0.15) is 47.8 Å². The number of aromatic amines is 1. The molecular formula is C26H30FN5O2. The normalized spacial score (nSPS) is 21.5. The van der Waals surface area contributed by atoms with Crippen LogP contribution < -0.4 is 15.8 Å². The fourth-order valence-corrected chi connectivity index (χ4v) is 5.43. The summed E-state index contributed by atoms with van der Waals surface area (Å²) < 4.78 is 13.5. The van der Waals surface area contributed by atoms with Crippen molar-refractivity contribution in [1.29, 1.82) is 0 Å². The van der Waals surface area contributed by atoms with Crippen molar-refractivity contribution in [2.45, 2.75) is 37.6 Å². The Balaban J connectivity index is 1.23. The van der Waals surface area contributed by atoms with E-state index in [4.69, 9.17) is 0 Å². The molecule has 2 atom stereocenters. The van der Waals surface area contributed by atoms with E-state index in [0.29, 0.717) is 23.0 Å². The van der Waals surface area contributed by atoms with Crippen molar-refractivity contribution in [2.24, 2.45) is 0 Å². The molecule has 0 bridgehead atoms. The summed E-state index contributed by atoms with van der Waals surface area (Å²) in [7, 11) is 1.60. The second-order valence-corrected chi connectivity index (χ2v) is 9.31. The van der Waals surface area contributed by atoms with Gasteiger partial charge in [0, 0.05) is 56.3 Å². The van der Waals surface area contributed by atoms with E-state index in [-0.39, 0.29) is 17.3 Å². The van der Waals surface area contributed by atoms with Crippen LogP contribution in [0.15, 0.2) is 47.4 Å². The van der Waals surface area contributed by atoms with Crippen molar-refractivity contribution in [3.63, 3.8) is 0 Å². The highest BCUT2D eigenvalue weighted by molar-refractivity contribution is 5.92. The second-order valence-electron chi connectivity index (χ2n) is 9.31. The first kappa shape index (κ1) is 22.5. The molecule has 1 saturated heterocycles. The highest BCUT2D eigenvalue weighted by Gasteiger charge is 2.30. The lowest BCUT2D eigenvalue weighted by atomic mass is 9.82. The number of rotatable bonds is 4. The maximum atomic E-state index is 13.5. The Morgan fingerprint density at radius 3 is 2.68 bits per heavy atom. The Morgan fingerprint density at radius 1 is 1.12 bits per heavy atom. The molecule has 8 heteroatoms. The van der Waals surface area contributed by atoms with E-state index >= 15 is 0 Å². The third-order valence-corrected chi connectivity index (χ3v) is 7.32. The summed E-state index contributed by atoms with van der Waals surface area (Å²) in [4.78, 5) is 36.5. The lowest BCUT2D eigenvalue weighted by Crippen LogP contribution is -2.51. The van der Waals surface area contributed by atoms with E-state index < -0.39 is 0 Å². The second kappa shape index (κ2) is 9.54. The number of hydrogen-bond donors (Lipinski definition) is 2. The van der Waals surface area contributed by atoms with Gasteiger partial charge in [-0.3, -0.25) is 14.5 Å². The molecule has 2 aliphatic rings. The van der Waals surface area contributed by atoms with Gasteiger partial charge in [0.05, 0.1) is 11.9 Å². The molecule has 1 saturated carbocycles. The zero-order chi connectivity index (χ0) is 23.7. The molecule has 2 N–H and O–H groups in total. The van der Waals surface area contributed by atoms with Crippen LogP contribution in [0.5, 0.6) is 0 Å². The average Bonchev–Trinajstić information content (AvgIpc) is 2.89. The molecule has 1 amide bonds. The van der Waals surface area contributed by atoms with Crippen LogP contribution >= 0.6 is 0 Å². The quantitative estimate of drug-likeness (QED) is 0.621. The summed E-state index contributed by atoms with van der Waals surface area (Å²) >= 11 is 0. The lowest BCUT2D eigenvalue weighted by Gasteiger charge is -2.43. The van der Waals surface area contributed by atoms with Gasteiger partial charge < -0.3 is 15.2 Å². The molecule has 1 aromatic carbocycles. The monoisotopic (exact) mass is 463 g/mol. The van der Waals surface area contributed by atoms with E-state index in [0.717, 1.165) is 62.2 Å². The molecule has 1 aliphatic heterocycles. The van der Waals surface area contributed by atoms with Gasteiger partial charge in [-0.15, -0.1) is 0 Å². The molecule has 2 aromatic heterocycles. The Labute approximate surface area is 198 Å². The smallest absolute Gasteiger partial charge is 0.269 e. The molecule has 1 aliphatic carbocycles.